The maximum absolute atomic E-state index is 11.5. The molecule has 4 saturated carbocycles. The van der Waals surface area contributed by atoms with Gasteiger partial charge < -0.3 is 29.7 Å². The molecule has 0 bridgehead atoms. The summed E-state index contributed by atoms with van der Waals surface area (Å²) in [5, 5.41) is 43.9. The molecule has 0 aromatic rings. The first kappa shape index (κ1) is 48.7. The normalized spacial score (nSPS) is 33.6. The van der Waals surface area contributed by atoms with Crippen LogP contribution in [-0.4, -0.2) is 70.8 Å². The van der Waals surface area contributed by atoms with Crippen molar-refractivity contribution in [2.75, 3.05) is 26.7 Å². The van der Waals surface area contributed by atoms with Gasteiger partial charge in [-0.1, -0.05) is 119 Å². The fourth-order valence-corrected chi connectivity index (χ4v) is 12.8. The second kappa shape index (κ2) is 24.4. The number of fused-ring (bicyclic) bond motifs is 5. The van der Waals surface area contributed by atoms with E-state index in [-0.39, 0.29) is 53.1 Å². The highest BCUT2D eigenvalue weighted by molar-refractivity contribution is 5.64. The van der Waals surface area contributed by atoms with Gasteiger partial charge >= 0.3 is 0 Å². The SMILES string of the molecule is CC(CCC(=O)[O-])C1CCC2C3C(O)CC4CC(O)CCC4(C)C3CC(O)C12C.CCCCCCCC[N+](C)(CCCCCCCC)CCCCCCCC. The molecule has 324 valence electrons. The van der Waals surface area contributed by atoms with E-state index in [9.17, 15) is 25.2 Å². The minimum atomic E-state index is -0.998. The number of unbranched alkanes of at least 4 members (excludes halogenated alkanes) is 15. The monoisotopic (exact) mass is 776 g/mol. The predicted molar refractivity (Wildman–Crippen MR) is 228 cm³/mol. The molecule has 4 fully saturated rings. The van der Waals surface area contributed by atoms with Crippen molar-refractivity contribution in [1.82, 2.24) is 0 Å². The number of quaternary nitrogens is 1. The van der Waals surface area contributed by atoms with Crippen LogP contribution in [0.25, 0.3) is 0 Å². The summed E-state index contributed by atoms with van der Waals surface area (Å²) in [5.41, 5.74) is -0.172. The Morgan fingerprint density at radius 1 is 0.691 bits per heavy atom. The summed E-state index contributed by atoms with van der Waals surface area (Å²) in [6.07, 6.45) is 31.6. The lowest BCUT2D eigenvalue weighted by atomic mass is 9.43. The molecule has 0 aromatic heterocycles. The molecule has 11 atom stereocenters. The quantitative estimate of drug-likeness (QED) is 0.0633. The van der Waals surface area contributed by atoms with Crippen LogP contribution in [0.3, 0.4) is 0 Å². The first-order chi connectivity index (χ1) is 26.3. The third-order valence-corrected chi connectivity index (χ3v) is 16.5. The lowest BCUT2D eigenvalue weighted by Crippen LogP contribution is -2.62. The van der Waals surface area contributed by atoms with Crippen molar-refractivity contribution < 1.29 is 29.7 Å². The topological polar surface area (TPSA) is 101 Å². The molecule has 0 heterocycles. The molecule has 0 amide bonds. The van der Waals surface area contributed by atoms with Crippen molar-refractivity contribution in [2.24, 2.45) is 46.3 Å². The molecule has 55 heavy (non-hydrogen) atoms. The van der Waals surface area contributed by atoms with E-state index < -0.39 is 12.1 Å². The van der Waals surface area contributed by atoms with Crippen LogP contribution >= 0.6 is 0 Å². The summed E-state index contributed by atoms with van der Waals surface area (Å²) in [6, 6.07) is 0. The Bertz CT molecular complexity index is 1010. The van der Waals surface area contributed by atoms with Gasteiger partial charge in [0.1, 0.15) is 0 Å². The molecular formula is C49H93NO5. The highest BCUT2D eigenvalue weighted by atomic mass is 16.4. The van der Waals surface area contributed by atoms with Crippen LogP contribution in [0.2, 0.25) is 0 Å². The molecule has 6 nitrogen and oxygen atoms in total. The standard InChI is InChI=1S/C25H54N.C24H40O5/c1-5-8-11-14-17-20-23-26(4,24-21-18-15-12-9-6-2)25-22-19-16-13-10-7-3;1-13(4-7-21(28)29)16-5-6-17-22-18(12-20(27)24(16,17)3)23(2)9-8-15(25)10-14(23)11-19(22)26/h5-25H2,1-4H3;13-20,22,25-27H,4-12H2,1-3H3,(H,28,29)/q+1;/p-1. The highest BCUT2D eigenvalue weighted by Gasteiger charge is 2.65. The van der Waals surface area contributed by atoms with Crippen LogP contribution in [0.5, 0.6) is 0 Å². The first-order valence-electron chi connectivity index (χ1n) is 24.3. The number of aliphatic hydroxyl groups is 3. The van der Waals surface area contributed by atoms with Crippen LogP contribution in [0, 0.1) is 46.3 Å². The molecule has 0 spiro atoms. The van der Waals surface area contributed by atoms with Gasteiger partial charge in [-0.25, -0.2) is 0 Å². The Morgan fingerprint density at radius 2 is 1.18 bits per heavy atom. The number of hydrogen-bond acceptors (Lipinski definition) is 5. The van der Waals surface area contributed by atoms with E-state index in [1.54, 1.807) is 0 Å². The van der Waals surface area contributed by atoms with E-state index in [4.69, 9.17) is 0 Å². The molecule has 4 rings (SSSR count). The highest BCUT2D eigenvalue weighted by Crippen LogP contribution is 2.68. The lowest BCUT2D eigenvalue weighted by molar-refractivity contribution is -0.910. The minimum Gasteiger partial charge on any atom is -0.550 e. The fourth-order valence-electron chi connectivity index (χ4n) is 12.8. The second-order valence-corrected chi connectivity index (χ2v) is 20.5. The van der Waals surface area contributed by atoms with Gasteiger partial charge in [-0.05, 0) is 143 Å². The predicted octanol–water partition coefficient (Wildman–Crippen LogP) is 10.6. The first-order valence-corrected chi connectivity index (χ1v) is 24.3. The molecule has 0 saturated heterocycles. The number of hydrogen-bond donors (Lipinski definition) is 3. The Kier molecular flexibility index (Phi) is 21.6. The molecule has 6 heteroatoms. The summed E-state index contributed by atoms with van der Waals surface area (Å²) in [5.74, 6) is 0.635. The van der Waals surface area contributed by atoms with Crippen LogP contribution in [0.4, 0.5) is 0 Å². The third kappa shape index (κ3) is 13.9. The average molecular weight is 776 g/mol. The van der Waals surface area contributed by atoms with Gasteiger partial charge in [0, 0.05) is 5.97 Å². The van der Waals surface area contributed by atoms with E-state index in [0.29, 0.717) is 18.3 Å². The van der Waals surface area contributed by atoms with E-state index in [0.717, 1.165) is 44.9 Å². The molecule has 4 aliphatic carbocycles. The lowest BCUT2D eigenvalue weighted by Gasteiger charge is -2.63. The minimum absolute atomic E-state index is 0.0747. The molecule has 0 radical (unpaired) electrons. The summed E-state index contributed by atoms with van der Waals surface area (Å²) < 4.78 is 1.36. The summed E-state index contributed by atoms with van der Waals surface area (Å²) >= 11 is 0. The van der Waals surface area contributed by atoms with Crippen molar-refractivity contribution in [3.8, 4) is 0 Å². The van der Waals surface area contributed by atoms with E-state index >= 15 is 0 Å². The zero-order valence-corrected chi connectivity index (χ0v) is 37.5. The molecule has 0 aromatic carbocycles. The molecule has 4 aliphatic rings. The average Bonchev–Trinajstić information content (AvgIpc) is 3.51. The number of aliphatic carboxylic acids is 1. The van der Waals surface area contributed by atoms with E-state index in [2.05, 4.69) is 48.6 Å². The van der Waals surface area contributed by atoms with Crippen LogP contribution in [0.15, 0.2) is 0 Å². The van der Waals surface area contributed by atoms with Crippen molar-refractivity contribution in [3.63, 3.8) is 0 Å². The fraction of sp³-hybridized carbons (Fsp3) is 0.980. The van der Waals surface area contributed by atoms with Crippen molar-refractivity contribution >= 4 is 5.97 Å². The molecule has 0 aliphatic heterocycles. The zero-order chi connectivity index (χ0) is 40.5. The number of carboxylic acids is 1. The maximum Gasteiger partial charge on any atom is 0.0784 e. The Labute approximate surface area is 341 Å². The summed E-state index contributed by atoms with van der Waals surface area (Å²) in [4.78, 5) is 11.0. The number of rotatable bonds is 25. The van der Waals surface area contributed by atoms with Gasteiger partial charge in [-0.15, -0.1) is 0 Å². The van der Waals surface area contributed by atoms with Gasteiger partial charge in [0.15, 0.2) is 0 Å². The smallest absolute Gasteiger partial charge is 0.0784 e. The van der Waals surface area contributed by atoms with Crippen LogP contribution in [0.1, 0.15) is 215 Å². The van der Waals surface area contributed by atoms with Gasteiger partial charge in [0.25, 0.3) is 0 Å². The van der Waals surface area contributed by atoms with Crippen LogP contribution < -0.4 is 5.11 Å². The maximum atomic E-state index is 11.5. The Morgan fingerprint density at radius 3 is 1.67 bits per heavy atom. The molecule has 11 unspecified atom stereocenters. The van der Waals surface area contributed by atoms with Crippen molar-refractivity contribution in [3.05, 3.63) is 0 Å². The second-order valence-electron chi connectivity index (χ2n) is 20.5. The number of carbonyl (C=O) groups is 1. The van der Waals surface area contributed by atoms with Gasteiger partial charge in [-0.3, -0.25) is 0 Å². The molecule has 3 N–H and O–H groups in total. The number of carboxylic acid groups (broad SMARTS) is 1. The number of carbonyl (C=O) groups excluding carboxylic acids is 1. The Balaban J connectivity index is 0.000000298. The van der Waals surface area contributed by atoms with Gasteiger partial charge in [0.2, 0.25) is 0 Å². The van der Waals surface area contributed by atoms with Gasteiger partial charge in [0.05, 0.1) is 45.0 Å². The zero-order valence-electron chi connectivity index (χ0n) is 37.5. The van der Waals surface area contributed by atoms with E-state index in [1.165, 1.54) is 140 Å². The summed E-state index contributed by atoms with van der Waals surface area (Å²) in [6.45, 7) is 17.9. The van der Waals surface area contributed by atoms with Crippen LogP contribution in [-0.2, 0) is 4.79 Å². The van der Waals surface area contributed by atoms with Crippen molar-refractivity contribution in [1.29, 1.82) is 0 Å². The molecular weight excluding hydrogens is 683 g/mol. The van der Waals surface area contributed by atoms with Crippen molar-refractivity contribution in [2.45, 2.75) is 233 Å². The number of aliphatic hydroxyl groups excluding tert-OH is 3. The summed E-state index contributed by atoms with van der Waals surface area (Å²) in [7, 11) is 2.56. The largest absolute Gasteiger partial charge is 0.550 e. The van der Waals surface area contributed by atoms with E-state index in [1.807, 2.05) is 0 Å². The third-order valence-electron chi connectivity index (χ3n) is 16.5. The number of nitrogens with zero attached hydrogens (tertiary/aromatic N) is 1. The Hall–Kier alpha value is -0.690. The van der Waals surface area contributed by atoms with Gasteiger partial charge in [-0.2, -0.15) is 0 Å².